The van der Waals surface area contributed by atoms with Crippen LogP contribution in [0.25, 0.3) is 21.5 Å². The van der Waals surface area contributed by atoms with Crippen molar-refractivity contribution >= 4 is 55.7 Å². The number of carbonyl (C=O) groups is 1. The maximum atomic E-state index is 12.9. The van der Waals surface area contributed by atoms with E-state index in [1.54, 1.807) is 0 Å². The standard InChI is InChI=1S/C21H22BrNO.ClH/c1-4-23(5-2)14(3)21(24)16-11-10-15-13-20(22)18-9-7-6-8-17(18)19(15)12-16;/h6-14H,4-5H2,1-3H3;1H. The molecule has 1 atom stereocenters. The molecule has 3 aromatic carbocycles. The van der Waals surface area contributed by atoms with Gasteiger partial charge < -0.3 is 0 Å². The lowest BCUT2D eigenvalue weighted by Gasteiger charge is -2.25. The monoisotopic (exact) mass is 419 g/mol. The summed E-state index contributed by atoms with van der Waals surface area (Å²) < 4.78 is 1.08. The van der Waals surface area contributed by atoms with E-state index in [2.05, 4.69) is 58.9 Å². The first-order valence-electron chi connectivity index (χ1n) is 8.46. The van der Waals surface area contributed by atoms with Gasteiger partial charge >= 0.3 is 0 Å². The Morgan fingerprint density at radius 2 is 1.64 bits per heavy atom. The first kappa shape index (κ1) is 19.9. The van der Waals surface area contributed by atoms with Crippen molar-refractivity contribution in [2.24, 2.45) is 0 Å². The molecule has 0 aliphatic heterocycles. The number of benzene rings is 3. The minimum atomic E-state index is -0.0980. The summed E-state index contributed by atoms with van der Waals surface area (Å²) in [4.78, 5) is 15.1. The molecule has 0 aliphatic carbocycles. The fourth-order valence-electron chi connectivity index (χ4n) is 3.39. The molecule has 2 nitrogen and oxygen atoms in total. The van der Waals surface area contributed by atoms with Crippen LogP contribution in [0.5, 0.6) is 0 Å². The highest BCUT2D eigenvalue weighted by atomic mass is 79.9. The van der Waals surface area contributed by atoms with Crippen molar-refractivity contribution in [3.05, 3.63) is 58.6 Å². The van der Waals surface area contributed by atoms with E-state index in [0.29, 0.717) is 0 Å². The molecule has 25 heavy (non-hydrogen) atoms. The van der Waals surface area contributed by atoms with Gasteiger partial charge in [-0.2, -0.15) is 0 Å². The fourth-order valence-corrected chi connectivity index (χ4v) is 3.98. The molecular weight excluding hydrogens is 398 g/mol. The van der Waals surface area contributed by atoms with Crippen LogP contribution < -0.4 is 0 Å². The lowest BCUT2D eigenvalue weighted by molar-refractivity contribution is 0.0851. The van der Waals surface area contributed by atoms with Crippen molar-refractivity contribution in [3.63, 3.8) is 0 Å². The van der Waals surface area contributed by atoms with Crippen molar-refractivity contribution in [2.45, 2.75) is 26.8 Å². The zero-order chi connectivity index (χ0) is 17.3. The van der Waals surface area contributed by atoms with Crippen molar-refractivity contribution in [1.82, 2.24) is 4.90 Å². The molecule has 3 aromatic rings. The van der Waals surface area contributed by atoms with Gasteiger partial charge in [-0.25, -0.2) is 0 Å². The summed E-state index contributed by atoms with van der Waals surface area (Å²) in [6.45, 7) is 7.95. The molecule has 0 N–H and O–H groups in total. The third-order valence-corrected chi connectivity index (χ3v) is 5.49. The zero-order valence-corrected chi connectivity index (χ0v) is 17.2. The number of ketones is 1. The maximum Gasteiger partial charge on any atom is 0.179 e. The summed E-state index contributed by atoms with van der Waals surface area (Å²) in [7, 11) is 0. The van der Waals surface area contributed by atoms with E-state index in [1.165, 1.54) is 10.8 Å². The van der Waals surface area contributed by atoms with Crippen LogP contribution in [0, 0.1) is 0 Å². The number of rotatable bonds is 5. The second kappa shape index (κ2) is 8.31. The summed E-state index contributed by atoms with van der Waals surface area (Å²) in [5.74, 6) is 0.188. The number of likely N-dealkylation sites (N-methyl/N-ethyl adjacent to an activating group) is 1. The molecular formula is C21H23BrClNO. The highest BCUT2D eigenvalue weighted by Gasteiger charge is 2.20. The van der Waals surface area contributed by atoms with Crippen LogP contribution in [0.1, 0.15) is 31.1 Å². The van der Waals surface area contributed by atoms with Crippen LogP contribution in [0.3, 0.4) is 0 Å². The van der Waals surface area contributed by atoms with Crippen LogP contribution in [0.4, 0.5) is 0 Å². The predicted octanol–water partition coefficient (Wildman–Crippen LogP) is 6.09. The molecule has 0 amide bonds. The molecule has 132 valence electrons. The van der Waals surface area contributed by atoms with E-state index in [9.17, 15) is 4.79 Å². The van der Waals surface area contributed by atoms with Gasteiger partial charge in [0.2, 0.25) is 0 Å². The van der Waals surface area contributed by atoms with E-state index in [4.69, 9.17) is 0 Å². The van der Waals surface area contributed by atoms with Gasteiger partial charge in [0.25, 0.3) is 0 Å². The maximum absolute atomic E-state index is 12.9. The quantitative estimate of drug-likeness (QED) is 0.368. The molecule has 0 fully saturated rings. The summed E-state index contributed by atoms with van der Waals surface area (Å²) in [5.41, 5.74) is 0.786. The van der Waals surface area contributed by atoms with Gasteiger partial charge in [0, 0.05) is 10.0 Å². The Morgan fingerprint density at radius 1 is 1.00 bits per heavy atom. The minimum absolute atomic E-state index is 0. The average molecular weight is 421 g/mol. The predicted molar refractivity (Wildman–Crippen MR) is 113 cm³/mol. The number of hydrogen-bond donors (Lipinski definition) is 0. The summed E-state index contributed by atoms with van der Waals surface area (Å²) in [6, 6.07) is 16.4. The van der Waals surface area contributed by atoms with Gasteiger partial charge in [-0.15, -0.1) is 12.4 Å². The largest absolute Gasteiger partial charge is 0.294 e. The SMILES string of the molecule is CCN(CC)C(C)C(=O)c1ccc2cc(Br)c3ccccc3c2c1.Cl. The average Bonchev–Trinajstić information content (AvgIpc) is 2.62. The smallest absolute Gasteiger partial charge is 0.179 e. The van der Waals surface area contributed by atoms with Crippen molar-refractivity contribution in [1.29, 1.82) is 0 Å². The molecule has 1 unspecified atom stereocenters. The summed E-state index contributed by atoms with van der Waals surface area (Å²) in [5, 5.41) is 4.62. The van der Waals surface area contributed by atoms with Gasteiger partial charge in [0.15, 0.2) is 5.78 Å². The van der Waals surface area contributed by atoms with Crippen molar-refractivity contribution < 1.29 is 4.79 Å². The minimum Gasteiger partial charge on any atom is -0.294 e. The third kappa shape index (κ3) is 3.74. The Bertz CT molecular complexity index is 905. The van der Waals surface area contributed by atoms with E-state index in [-0.39, 0.29) is 24.2 Å². The highest BCUT2D eigenvalue weighted by Crippen LogP contribution is 2.32. The number of halogens is 2. The Hall–Kier alpha value is -1.42. The van der Waals surface area contributed by atoms with Gasteiger partial charge in [0.05, 0.1) is 6.04 Å². The molecule has 0 saturated carbocycles. The molecule has 3 rings (SSSR count). The molecule has 0 aliphatic rings. The third-order valence-electron chi connectivity index (χ3n) is 4.83. The first-order valence-corrected chi connectivity index (χ1v) is 9.25. The highest BCUT2D eigenvalue weighted by molar-refractivity contribution is 9.10. The van der Waals surface area contributed by atoms with Gasteiger partial charge in [0.1, 0.15) is 0 Å². The molecule has 0 aromatic heterocycles. The first-order chi connectivity index (χ1) is 11.6. The molecule has 0 bridgehead atoms. The number of nitrogens with zero attached hydrogens (tertiary/aromatic N) is 1. The van der Waals surface area contributed by atoms with Crippen molar-refractivity contribution in [3.8, 4) is 0 Å². The lowest BCUT2D eigenvalue weighted by atomic mass is 9.96. The normalized spacial score (nSPS) is 12.4. The number of fused-ring (bicyclic) bond motifs is 3. The zero-order valence-electron chi connectivity index (χ0n) is 14.8. The van der Waals surface area contributed by atoms with Gasteiger partial charge in [-0.05, 0) is 53.7 Å². The van der Waals surface area contributed by atoms with Crippen LogP contribution in [-0.2, 0) is 0 Å². The number of hydrogen-bond acceptors (Lipinski definition) is 2. The van der Waals surface area contributed by atoms with E-state index < -0.39 is 0 Å². The van der Waals surface area contributed by atoms with E-state index in [1.807, 2.05) is 31.2 Å². The molecule has 0 heterocycles. The fraction of sp³-hybridized carbons (Fsp3) is 0.286. The lowest BCUT2D eigenvalue weighted by Crippen LogP contribution is -2.38. The molecule has 0 spiro atoms. The van der Waals surface area contributed by atoms with Crippen LogP contribution in [0.2, 0.25) is 0 Å². The topological polar surface area (TPSA) is 20.3 Å². The molecule has 0 saturated heterocycles. The van der Waals surface area contributed by atoms with Crippen LogP contribution >= 0.6 is 28.3 Å². The Morgan fingerprint density at radius 3 is 2.28 bits per heavy atom. The second-order valence-corrected chi connectivity index (χ2v) is 6.96. The Labute approximate surface area is 163 Å². The van der Waals surface area contributed by atoms with Crippen LogP contribution in [-0.4, -0.2) is 29.8 Å². The summed E-state index contributed by atoms with van der Waals surface area (Å²) >= 11 is 3.65. The van der Waals surface area contributed by atoms with Crippen molar-refractivity contribution in [2.75, 3.05) is 13.1 Å². The molecule has 4 heteroatoms. The number of carbonyl (C=O) groups excluding carboxylic acids is 1. The second-order valence-electron chi connectivity index (χ2n) is 6.10. The Kier molecular flexibility index (Phi) is 6.61. The van der Waals surface area contributed by atoms with E-state index >= 15 is 0 Å². The Balaban J connectivity index is 0.00000225. The number of Topliss-reactive ketones (excluding diaryl/α,β-unsaturated/α-hetero) is 1. The van der Waals surface area contributed by atoms with Gasteiger partial charge in [-0.1, -0.05) is 66.2 Å². The molecule has 0 radical (unpaired) electrons. The van der Waals surface area contributed by atoms with Crippen LogP contribution in [0.15, 0.2) is 53.0 Å². The van der Waals surface area contributed by atoms with E-state index in [0.717, 1.165) is 33.9 Å². The van der Waals surface area contributed by atoms with Gasteiger partial charge in [-0.3, -0.25) is 9.69 Å². The summed E-state index contributed by atoms with van der Waals surface area (Å²) in [6.07, 6.45) is 0.